The zero-order chi connectivity index (χ0) is 20.5. The van der Waals surface area contributed by atoms with Crippen LogP contribution in [0.2, 0.25) is 0 Å². The Balaban J connectivity index is 1.86. The van der Waals surface area contributed by atoms with Gasteiger partial charge >= 0.3 is 0 Å². The van der Waals surface area contributed by atoms with Crippen molar-refractivity contribution in [2.75, 3.05) is 45.9 Å². The van der Waals surface area contributed by atoms with Gasteiger partial charge in [-0.1, -0.05) is 30.3 Å². The molecule has 0 aromatic heterocycles. The molecule has 7 heteroatoms. The van der Waals surface area contributed by atoms with Crippen LogP contribution in [-0.2, 0) is 16.1 Å². The van der Waals surface area contributed by atoms with Crippen LogP contribution in [0.15, 0.2) is 53.4 Å². The maximum absolute atomic E-state index is 12.5. The van der Waals surface area contributed by atoms with Gasteiger partial charge in [-0.15, -0.1) is 11.8 Å². The number of likely N-dealkylation sites (N-methyl/N-ethyl adjacent to an activating group) is 2. The molecule has 2 aromatic rings. The van der Waals surface area contributed by atoms with Gasteiger partial charge in [0.15, 0.2) is 0 Å². The third-order valence-electron chi connectivity index (χ3n) is 4.23. The zero-order valence-corrected chi connectivity index (χ0v) is 17.6. The highest BCUT2D eigenvalue weighted by molar-refractivity contribution is 7.98. The molecule has 0 heterocycles. The Bertz CT molecular complexity index is 813. The summed E-state index contributed by atoms with van der Waals surface area (Å²) in [6, 6.07) is 15.3. The number of para-hydroxylation sites is 2. The highest BCUT2D eigenvalue weighted by Crippen LogP contribution is 2.24. The van der Waals surface area contributed by atoms with Crippen molar-refractivity contribution in [1.82, 2.24) is 9.80 Å². The molecule has 0 spiro atoms. The molecule has 0 unspecified atom stereocenters. The number of anilines is 1. The molecule has 0 radical (unpaired) electrons. The van der Waals surface area contributed by atoms with Gasteiger partial charge in [-0.25, -0.2) is 0 Å². The van der Waals surface area contributed by atoms with Gasteiger partial charge < -0.3 is 15.0 Å². The number of methoxy groups -OCH3 is 1. The van der Waals surface area contributed by atoms with E-state index in [9.17, 15) is 9.59 Å². The Kier molecular flexibility index (Phi) is 8.35. The summed E-state index contributed by atoms with van der Waals surface area (Å²) in [4.78, 5) is 29.2. The first-order valence-electron chi connectivity index (χ1n) is 8.92. The number of nitrogens with one attached hydrogen (secondary N) is 1. The quantitative estimate of drug-likeness (QED) is 0.655. The lowest BCUT2D eigenvalue weighted by Gasteiger charge is -2.22. The Labute approximate surface area is 170 Å². The molecule has 150 valence electrons. The molecule has 0 saturated heterocycles. The summed E-state index contributed by atoms with van der Waals surface area (Å²) in [6.07, 6.45) is 1.97. The highest BCUT2D eigenvalue weighted by Gasteiger charge is 2.16. The average molecular weight is 402 g/mol. The fourth-order valence-corrected chi connectivity index (χ4v) is 3.32. The lowest BCUT2D eigenvalue weighted by Crippen LogP contribution is -2.39. The van der Waals surface area contributed by atoms with Crippen molar-refractivity contribution in [1.29, 1.82) is 0 Å². The molecule has 0 fully saturated rings. The number of rotatable bonds is 9. The first kappa shape index (κ1) is 21.8. The summed E-state index contributed by atoms with van der Waals surface area (Å²) < 4.78 is 5.33. The van der Waals surface area contributed by atoms with Gasteiger partial charge in [-0.05, 0) is 31.5 Å². The number of thioether (sulfide) groups is 1. The number of carbonyl (C=O) groups excluding carboxylic acids is 2. The zero-order valence-electron chi connectivity index (χ0n) is 16.8. The normalized spacial score (nSPS) is 10.6. The molecule has 0 saturated carbocycles. The summed E-state index contributed by atoms with van der Waals surface area (Å²) in [7, 11) is 5.12. The number of ether oxygens (including phenoxy) is 1. The van der Waals surface area contributed by atoms with Crippen molar-refractivity contribution in [3.05, 3.63) is 54.1 Å². The maximum atomic E-state index is 12.5. The van der Waals surface area contributed by atoms with Crippen LogP contribution in [0.25, 0.3) is 0 Å². The molecular weight excluding hydrogens is 374 g/mol. The minimum Gasteiger partial charge on any atom is -0.496 e. The molecule has 6 nitrogen and oxygen atoms in total. The van der Waals surface area contributed by atoms with Gasteiger partial charge in [-0.2, -0.15) is 0 Å². The third kappa shape index (κ3) is 6.28. The van der Waals surface area contributed by atoms with Crippen molar-refractivity contribution in [3.63, 3.8) is 0 Å². The van der Waals surface area contributed by atoms with Crippen molar-refractivity contribution in [3.8, 4) is 5.75 Å². The highest BCUT2D eigenvalue weighted by atomic mass is 32.2. The Morgan fingerprint density at radius 1 is 1.04 bits per heavy atom. The molecule has 2 aromatic carbocycles. The molecule has 0 aliphatic heterocycles. The van der Waals surface area contributed by atoms with Crippen molar-refractivity contribution < 1.29 is 14.3 Å². The van der Waals surface area contributed by atoms with Crippen molar-refractivity contribution >= 4 is 29.3 Å². The van der Waals surface area contributed by atoms with E-state index in [2.05, 4.69) is 5.32 Å². The summed E-state index contributed by atoms with van der Waals surface area (Å²) in [5, 5.41) is 2.91. The number of benzene rings is 2. The monoisotopic (exact) mass is 401 g/mol. The second-order valence-corrected chi connectivity index (χ2v) is 7.33. The van der Waals surface area contributed by atoms with E-state index in [0.717, 1.165) is 21.9 Å². The lowest BCUT2D eigenvalue weighted by molar-refractivity contribution is -0.131. The second-order valence-electron chi connectivity index (χ2n) is 6.48. The van der Waals surface area contributed by atoms with E-state index >= 15 is 0 Å². The predicted octanol–water partition coefficient (Wildman–Crippen LogP) is 2.95. The predicted molar refractivity (Wildman–Crippen MR) is 114 cm³/mol. The van der Waals surface area contributed by atoms with Crippen LogP contribution >= 0.6 is 11.8 Å². The minimum atomic E-state index is -0.149. The van der Waals surface area contributed by atoms with E-state index in [4.69, 9.17) is 4.74 Å². The third-order valence-corrected chi connectivity index (χ3v) is 5.02. The molecular formula is C21H27N3O3S. The van der Waals surface area contributed by atoms with Crippen molar-refractivity contribution in [2.24, 2.45) is 0 Å². The standard InChI is InChI=1S/C21H27N3O3S/c1-23(14-20(25)22-17-10-6-8-12-19(17)28-4)15-21(26)24(2)13-16-9-5-7-11-18(16)27-3/h5-12H,13-15H2,1-4H3,(H,22,25). The van der Waals surface area contributed by atoms with E-state index in [1.54, 1.807) is 42.8 Å². The van der Waals surface area contributed by atoms with Gasteiger partial charge in [0.2, 0.25) is 11.8 Å². The Morgan fingerprint density at radius 3 is 2.43 bits per heavy atom. The minimum absolute atomic E-state index is 0.0641. The number of hydrogen-bond acceptors (Lipinski definition) is 5. The first-order valence-corrected chi connectivity index (χ1v) is 10.1. The molecule has 2 amide bonds. The van der Waals surface area contributed by atoms with Crippen LogP contribution < -0.4 is 10.1 Å². The molecule has 0 bridgehead atoms. The SMILES string of the molecule is COc1ccccc1CN(C)C(=O)CN(C)CC(=O)Nc1ccccc1SC. The molecule has 28 heavy (non-hydrogen) atoms. The average Bonchev–Trinajstić information content (AvgIpc) is 2.68. The van der Waals surface area contributed by atoms with E-state index in [0.29, 0.717) is 6.54 Å². The molecule has 2 rings (SSSR count). The largest absolute Gasteiger partial charge is 0.496 e. The van der Waals surface area contributed by atoms with Crippen LogP contribution in [0.4, 0.5) is 5.69 Å². The summed E-state index contributed by atoms with van der Waals surface area (Å²) in [5.41, 5.74) is 1.72. The number of amides is 2. The number of hydrogen-bond donors (Lipinski definition) is 1. The van der Waals surface area contributed by atoms with Crippen LogP contribution in [-0.4, -0.2) is 62.2 Å². The van der Waals surface area contributed by atoms with Crippen LogP contribution in [0.1, 0.15) is 5.56 Å². The smallest absolute Gasteiger partial charge is 0.238 e. The number of nitrogens with zero attached hydrogens (tertiary/aromatic N) is 2. The van der Waals surface area contributed by atoms with Gasteiger partial charge in [0.1, 0.15) is 5.75 Å². The van der Waals surface area contributed by atoms with Gasteiger partial charge in [0.25, 0.3) is 0 Å². The fraction of sp³-hybridized carbons (Fsp3) is 0.333. The second kappa shape index (κ2) is 10.7. The molecule has 0 aliphatic rings. The summed E-state index contributed by atoms with van der Waals surface area (Å²) >= 11 is 1.58. The topological polar surface area (TPSA) is 61.9 Å². The first-order chi connectivity index (χ1) is 13.4. The maximum Gasteiger partial charge on any atom is 0.238 e. The van der Waals surface area contributed by atoms with Crippen LogP contribution in [0.3, 0.4) is 0 Å². The van der Waals surface area contributed by atoms with E-state index < -0.39 is 0 Å². The van der Waals surface area contributed by atoms with Gasteiger partial charge in [-0.3, -0.25) is 14.5 Å². The van der Waals surface area contributed by atoms with Gasteiger partial charge in [0, 0.05) is 24.1 Å². The van der Waals surface area contributed by atoms with Gasteiger partial charge in [0.05, 0.1) is 25.9 Å². The number of carbonyl (C=O) groups is 2. The molecule has 0 atom stereocenters. The van der Waals surface area contributed by atoms with Crippen molar-refractivity contribution in [2.45, 2.75) is 11.4 Å². The summed E-state index contributed by atoms with van der Waals surface area (Å²) in [6.45, 7) is 0.740. The van der Waals surface area contributed by atoms with E-state index in [1.807, 2.05) is 54.8 Å². The lowest BCUT2D eigenvalue weighted by atomic mass is 10.2. The fourth-order valence-electron chi connectivity index (χ4n) is 2.77. The van der Waals surface area contributed by atoms with E-state index in [-0.39, 0.29) is 24.9 Å². The van der Waals surface area contributed by atoms with Crippen LogP contribution in [0, 0.1) is 0 Å². The Morgan fingerprint density at radius 2 is 1.71 bits per heavy atom. The Hall–Kier alpha value is -2.51. The molecule has 1 N–H and O–H groups in total. The molecule has 0 aliphatic carbocycles. The van der Waals surface area contributed by atoms with Crippen LogP contribution in [0.5, 0.6) is 5.75 Å². The van der Waals surface area contributed by atoms with E-state index in [1.165, 1.54) is 0 Å². The summed E-state index contributed by atoms with van der Waals surface area (Å²) in [5.74, 6) is 0.539.